The number of rotatable bonds is 4. The molecule has 1 aromatic heterocycles. The van der Waals surface area contributed by atoms with Crippen LogP contribution in [0.15, 0.2) is 18.3 Å². The van der Waals surface area contributed by atoms with Gasteiger partial charge in [0.15, 0.2) is 0 Å². The molecule has 1 aliphatic heterocycles. The van der Waals surface area contributed by atoms with Crippen LogP contribution in [0.2, 0.25) is 0 Å². The first-order chi connectivity index (χ1) is 9.61. The first-order valence-corrected chi connectivity index (χ1v) is 6.50. The van der Waals surface area contributed by atoms with Crippen molar-refractivity contribution in [3.8, 4) is 0 Å². The van der Waals surface area contributed by atoms with E-state index in [1.54, 1.807) is 11.0 Å². The second kappa shape index (κ2) is 6.44. The van der Waals surface area contributed by atoms with E-state index in [1.807, 2.05) is 0 Å². The highest BCUT2D eigenvalue weighted by Gasteiger charge is 2.22. The van der Waals surface area contributed by atoms with Crippen molar-refractivity contribution >= 4 is 11.8 Å². The van der Waals surface area contributed by atoms with Crippen LogP contribution >= 0.6 is 0 Å². The second-order valence-electron chi connectivity index (χ2n) is 4.65. The Kier molecular flexibility index (Phi) is 4.65. The number of hydrogen-bond donors (Lipinski definition) is 2. The van der Waals surface area contributed by atoms with Gasteiger partial charge in [-0.2, -0.15) is 0 Å². The van der Waals surface area contributed by atoms with Gasteiger partial charge in [-0.25, -0.2) is 0 Å². The molecular weight excluding hydrogens is 260 g/mol. The third-order valence-electron chi connectivity index (χ3n) is 3.34. The number of hydrogen-bond acceptors (Lipinski definition) is 5. The number of aliphatic hydroxyl groups is 1. The fraction of sp³-hybridized carbons (Fsp3) is 0.462. The lowest BCUT2D eigenvalue weighted by atomic mass is 10.2. The lowest BCUT2D eigenvalue weighted by Crippen LogP contribution is -2.49. The molecule has 1 saturated heterocycles. The molecule has 0 aliphatic carbocycles. The zero-order chi connectivity index (χ0) is 14.5. The molecule has 7 nitrogen and oxygen atoms in total. The minimum Gasteiger partial charge on any atom is -0.395 e. The Morgan fingerprint density at radius 1 is 1.25 bits per heavy atom. The minimum atomic E-state index is -0.610. The molecule has 0 unspecified atom stereocenters. The van der Waals surface area contributed by atoms with E-state index in [0.717, 1.165) is 13.1 Å². The van der Waals surface area contributed by atoms with Crippen LogP contribution in [0.1, 0.15) is 20.8 Å². The molecule has 108 valence electrons. The zero-order valence-electron chi connectivity index (χ0n) is 11.2. The Bertz CT molecular complexity index is 481. The van der Waals surface area contributed by atoms with Crippen LogP contribution in [0.5, 0.6) is 0 Å². The summed E-state index contributed by atoms with van der Waals surface area (Å²) in [7, 11) is 0. The molecule has 0 bridgehead atoms. The van der Waals surface area contributed by atoms with Gasteiger partial charge in [0.05, 0.1) is 12.2 Å². The van der Waals surface area contributed by atoms with Gasteiger partial charge in [0.2, 0.25) is 0 Å². The lowest BCUT2D eigenvalue weighted by molar-refractivity contribution is 0.0614. The molecule has 2 rings (SSSR count). The van der Waals surface area contributed by atoms with Crippen molar-refractivity contribution in [3.63, 3.8) is 0 Å². The lowest BCUT2D eigenvalue weighted by Gasteiger charge is -2.34. The first-order valence-electron chi connectivity index (χ1n) is 6.50. The van der Waals surface area contributed by atoms with Crippen LogP contribution in [-0.4, -0.2) is 71.0 Å². The summed E-state index contributed by atoms with van der Waals surface area (Å²) in [5.41, 5.74) is 5.70. The molecule has 20 heavy (non-hydrogen) atoms. The molecular formula is C13H18N4O3. The van der Waals surface area contributed by atoms with Gasteiger partial charge in [-0.05, 0) is 12.1 Å². The summed E-state index contributed by atoms with van der Waals surface area (Å²) in [6, 6.07) is 3.02. The van der Waals surface area contributed by atoms with Gasteiger partial charge >= 0.3 is 0 Å². The SMILES string of the molecule is NC(=O)c1ccc(C(=O)N2CCN(CCO)CC2)cn1. The van der Waals surface area contributed by atoms with E-state index in [0.29, 0.717) is 25.2 Å². The zero-order valence-corrected chi connectivity index (χ0v) is 11.2. The van der Waals surface area contributed by atoms with Crippen molar-refractivity contribution in [1.82, 2.24) is 14.8 Å². The molecule has 0 saturated carbocycles. The molecule has 1 aliphatic rings. The van der Waals surface area contributed by atoms with Crippen LogP contribution in [-0.2, 0) is 0 Å². The maximum Gasteiger partial charge on any atom is 0.267 e. The van der Waals surface area contributed by atoms with E-state index in [1.165, 1.54) is 12.3 Å². The quantitative estimate of drug-likeness (QED) is 0.730. The molecule has 0 aromatic carbocycles. The Balaban J connectivity index is 1.96. The van der Waals surface area contributed by atoms with Crippen LogP contribution in [0, 0.1) is 0 Å². The van der Waals surface area contributed by atoms with Crippen molar-refractivity contribution < 1.29 is 14.7 Å². The van der Waals surface area contributed by atoms with E-state index in [2.05, 4.69) is 9.88 Å². The number of pyridine rings is 1. The number of β-amino-alcohol motifs (C(OH)–C–C–N with tert-alkyl or cyclic N) is 1. The number of aromatic nitrogens is 1. The van der Waals surface area contributed by atoms with Crippen LogP contribution in [0.3, 0.4) is 0 Å². The van der Waals surface area contributed by atoms with Crippen LogP contribution < -0.4 is 5.73 Å². The summed E-state index contributed by atoms with van der Waals surface area (Å²) in [6.07, 6.45) is 1.38. The van der Waals surface area contributed by atoms with E-state index < -0.39 is 5.91 Å². The van der Waals surface area contributed by atoms with Crippen molar-refractivity contribution in [2.75, 3.05) is 39.3 Å². The van der Waals surface area contributed by atoms with Gasteiger partial charge in [-0.3, -0.25) is 19.5 Å². The summed E-state index contributed by atoms with van der Waals surface area (Å²) in [5.74, 6) is -0.709. The maximum atomic E-state index is 12.2. The normalized spacial score (nSPS) is 16.1. The first kappa shape index (κ1) is 14.4. The molecule has 3 N–H and O–H groups in total. The predicted octanol–water partition coefficient (Wildman–Crippen LogP) is -1.07. The minimum absolute atomic E-state index is 0.0998. The number of carbonyl (C=O) groups excluding carboxylic acids is 2. The van der Waals surface area contributed by atoms with Crippen molar-refractivity contribution in [1.29, 1.82) is 0 Å². The number of piperazine rings is 1. The standard InChI is InChI=1S/C13H18N4O3/c14-12(19)11-2-1-10(9-15-11)13(20)17-5-3-16(4-6-17)7-8-18/h1-2,9,18H,3-8H2,(H2,14,19). The largest absolute Gasteiger partial charge is 0.395 e. The topological polar surface area (TPSA) is 99.8 Å². The van der Waals surface area contributed by atoms with Crippen molar-refractivity contribution in [2.24, 2.45) is 5.73 Å². The maximum absolute atomic E-state index is 12.2. The number of primary amides is 1. The highest BCUT2D eigenvalue weighted by atomic mass is 16.3. The Morgan fingerprint density at radius 2 is 1.95 bits per heavy atom. The molecule has 1 aromatic rings. The Morgan fingerprint density at radius 3 is 2.45 bits per heavy atom. The second-order valence-corrected chi connectivity index (χ2v) is 4.65. The highest BCUT2D eigenvalue weighted by molar-refractivity contribution is 5.95. The Hall–Kier alpha value is -1.99. The summed E-state index contributed by atoms with van der Waals surface area (Å²) in [6.45, 7) is 3.51. The molecule has 0 radical (unpaired) electrons. The fourth-order valence-corrected chi connectivity index (χ4v) is 2.16. The van der Waals surface area contributed by atoms with Crippen molar-refractivity contribution in [3.05, 3.63) is 29.6 Å². The summed E-state index contributed by atoms with van der Waals surface area (Å²) < 4.78 is 0. The van der Waals surface area contributed by atoms with E-state index in [9.17, 15) is 9.59 Å². The van der Waals surface area contributed by atoms with Gasteiger partial charge < -0.3 is 15.7 Å². The van der Waals surface area contributed by atoms with Gasteiger partial charge in [-0.1, -0.05) is 0 Å². The van der Waals surface area contributed by atoms with Crippen LogP contribution in [0.4, 0.5) is 0 Å². The monoisotopic (exact) mass is 278 g/mol. The van der Waals surface area contributed by atoms with Crippen molar-refractivity contribution in [2.45, 2.75) is 0 Å². The van der Waals surface area contributed by atoms with E-state index in [-0.39, 0.29) is 18.2 Å². The number of carbonyl (C=O) groups is 2. The van der Waals surface area contributed by atoms with Gasteiger partial charge in [0.1, 0.15) is 5.69 Å². The van der Waals surface area contributed by atoms with Gasteiger partial charge in [0, 0.05) is 38.9 Å². The molecule has 0 atom stereocenters. The number of nitrogens with zero attached hydrogens (tertiary/aromatic N) is 3. The summed E-state index contributed by atoms with van der Waals surface area (Å²) in [4.78, 5) is 30.9. The smallest absolute Gasteiger partial charge is 0.267 e. The number of aliphatic hydroxyl groups excluding tert-OH is 1. The molecule has 2 amide bonds. The average molecular weight is 278 g/mol. The predicted molar refractivity (Wildman–Crippen MR) is 72.2 cm³/mol. The summed E-state index contributed by atoms with van der Waals surface area (Å²) >= 11 is 0. The average Bonchev–Trinajstić information content (AvgIpc) is 2.48. The molecule has 2 heterocycles. The van der Waals surface area contributed by atoms with E-state index >= 15 is 0 Å². The third-order valence-corrected chi connectivity index (χ3v) is 3.34. The third kappa shape index (κ3) is 3.31. The van der Waals surface area contributed by atoms with Crippen LogP contribution in [0.25, 0.3) is 0 Å². The van der Waals surface area contributed by atoms with Gasteiger partial charge in [-0.15, -0.1) is 0 Å². The number of amides is 2. The molecule has 0 spiro atoms. The number of nitrogens with two attached hydrogens (primary N) is 1. The Labute approximate surface area is 117 Å². The van der Waals surface area contributed by atoms with Gasteiger partial charge in [0.25, 0.3) is 11.8 Å². The van der Waals surface area contributed by atoms with E-state index in [4.69, 9.17) is 10.8 Å². The fourth-order valence-electron chi connectivity index (χ4n) is 2.16. The summed E-state index contributed by atoms with van der Waals surface area (Å²) in [5, 5.41) is 8.87. The highest BCUT2D eigenvalue weighted by Crippen LogP contribution is 2.08. The molecule has 7 heteroatoms. The molecule has 1 fully saturated rings.